The largest absolute Gasteiger partial charge is 0.501 e. The minimum atomic E-state index is -3.98. The molecular formula is C21H23NO3S. The molecule has 136 valence electrons. The Balaban J connectivity index is 2.35. The van der Waals surface area contributed by atoms with Gasteiger partial charge in [-0.25, -0.2) is 13.6 Å². The van der Waals surface area contributed by atoms with Crippen molar-refractivity contribution in [1.29, 1.82) is 0 Å². The molecule has 5 heteroatoms. The van der Waals surface area contributed by atoms with Crippen molar-refractivity contribution < 1.29 is 13.2 Å². The molecule has 2 aromatic rings. The van der Waals surface area contributed by atoms with E-state index in [9.17, 15) is 8.42 Å². The van der Waals surface area contributed by atoms with E-state index in [1.54, 1.807) is 19.3 Å². The third-order valence-electron chi connectivity index (χ3n) is 5.01. The molecule has 4 nitrogen and oxygen atoms in total. The van der Waals surface area contributed by atoms with Crippen LogP contribution in [0.15, 0.2) is 78.6 Å². The van der Waals surface area contributed by atoms with E-state index in [0.717, 1.165) is 11.1 Å². The Hall–Kier alpha value is -2.37. The highest BCUT2D eigenvalue weighted by molar-refractivity contribution is 7.90. The zero-order valence-electron chi connectivity index (χ0n) is 14.9. The van der Waals surface area contributed by atoms with E-state index in [2.05, 4.69) is 0 Å². The van der Waals surface area contributed by atoms with Crippen LogP contribution in [0.4, 0.5) is 0 Å². The van der Waals surface area contributed by atoms with Crippen molar-refractivity contribution in [3.8, 4) is 11.1 Å². The van der Waals surface area contributed by atoms with Gasteiger partial charge in [0.2, 0.25) is 10.0 Å². The predicted octanol–water partition coefficient (Wildman–Crippen LogP) is 3.96. The summed E-state index contributed by atoms with van der Waals surface area (Å²) < 4.78 is 30.1. The maximum atomic E-state index is 13.0. The van der Waals surface area contributed by atoms with Crippen LogP contribution < -0.4 is 5.14 Å². The zero-order valence-corrected chi connectivity index (χ0v) is 15.7. The van der Waals surface area contributed by atoms with Crippen molar-refractivity contribution in [2.75, 3.05) is 7.11 Å². The quantitative estimate of drug-likeness (QED) is 0.867. The van der Waals surface area contributed by atoms with Gasteiger partial charge in [0.1, 0.15) is 10.5 Å². The summed E-state index contributed by atoms with van der Waals surface area (Å²) in [5.74, 6) is 0.212. The summed E-state index contributed by atoms with van der Waals surface area (Å²) in [5.41, 5.74) is 2.46. The molecule has 0 spiro atoms. The molecule has 0 aromatic heterocycles. The molecule has 26 heavy (non-hydrogen) atoms. The van der Waals surface area contributed by atoms with Gasteiger partial charge >= 0.3 is 0 Å². The van der Waals surface area contributed by atoms with Crippen LogP contribution in [0, 0.1) is 5.92 Å². The fraction of sp³-hybridized carbons (Fsp3) is 0.238. The van der Waals surface area contributed by atoms with Crippen molar-refractivity contribution in [3.05, 3.63) is 84.1 Å². The summed E-state index contributed by atoms with van der Waals surface area (Å²) in [6.07, 6.45) is 5.80. The number of ether oxygens (including phenoxy) is 1. The second-order valence-corrected chi connectivity index (χ2v) is 8.11. The minimum Gasteiger partial charge on any atom is -0.501 e. The van der Waals surface area contributed by atoms with Crippen LogP contribution in [0.3, 0.4) is 0 Å². The van der Waals surface area contributed by atoms with Gasteiger partial charge in [0.05, 0.1) is 7.11 Å². The number of nitrogens with two attached hydrogens (primary N) is 1. The summed E-state index contributed by atoms with van der Waals surface area (Å²) >= 11 is 0. The third-order valence-corrected chi connectivity index (χ3v) is 6.60. The Morgan fingerprint density at radius 1 is 1.08 bits per heavy atom. The van der Waals surface area contributed by atoms with E-state index < -0.39 is 20.7 Å². The van der Waals surface area contributed by atoms with Gasteiger partial charge in [-0.1, -0.05) is 73.7 Å². The topological polar surface area (TPSA) is 69.4 Å². The molecule has 2 aromatic carbocycles. The first-order valence-electron chi connectivity index (χ1n) is 8.56. The molecule has 2 N–H and O–H groups in total. The van der Waals surface area contributed by atoms with Gasteiger partial charge < -0.3 is 4.74 Å². The van der Waals surface area contributed by atoms with Crippen molar-refractivity contribution in [2.24, 2.45) is 11.1 Å². The molecule has 1 aliphatic rings. The number of hydrogen-bond donors (Lipinski definition) is 1. The normalized spacial score (nSPS) is 22.7. The maximum absolute atomic E-state index is 13.0. The minimum absolute atomic E-state index is 0.405. The van der Waals surface area contributed by atoms with E-state index in [4.69, 9.17) is 9.88 Å². The first-order valence-corrected chi connectivity index (χ1v) is 10.1. The van der Waals surface area contributed by atoms with E-state index >= 15 is 0 Å². The molecule has 1 aliphatic carbocycles. The second-order valence-electron chi connectivity index (χ2n) is 6.34. The van der Waals surface area contributed by atoms with Crippen LogP contribution in [-0.2, 0) is 19.5 Å². The standard InChI is InChI=1S/C21H23NO3S/c1-3-18-20(25-2)14-9-15-21(18,26(22,23)24)19-13-8-7-12-17(19)16-10-5-4-6-11-16/h4-15,18H,3H2,1-2H3,(H2,22,23,24). The second kappa shape index (κ2) is 7.09. The third kappa shape index (κ3) is 2.87. The Kier molecular flexibility index (Phi) is 5.03. The molecule has 3 rings (SSSR count). The lowest BCUT2D eigenvalue weighted by molar-refractivity contribution is 0.217. The van der Waals surface area contributed by atoms with E-state index in [-0.39, 0.29) is 0 Å². The molecule has 2 unspecified atom stereocenters. The summed E-state index contributed by atoms with van der Waals surface area (Å²) in [7, 11) is -2.42. The maximum Gasteiger partial charge on any atom is 0.223 e. The lowest BCUT2D eigenvalue weighted by Crippen LogP contribution is -2.47. The monoisotopic (exact) mass is 369 g/mol. The van der Waals surface area contributed by atoms with Crippen LogP contribution in [0.1, 0.15) is 18.9 Å². The van der Waals surface area contributed by atoms with Crippen LogP contribution >= 0.6 is 0 Å². The SMILES string of the molecule is CCC1C(OC)=CC=CC1(c1ccccc1-c1ccccc1)S(N)(=O)=O. The first-order chi connectivity index (χ1) is 12.5. The smallest absolute Gasteiger partial charge is 0.223 e. The van der Waals surface area contributed by atoms with Gasteiger partial charge in [-0.3, -0.25) is 0 Å². The Bertz CT molecular complexity index is 948. The summed E-state index contributed by atoms with van der Waals surface area (Å²) in [6.45, 7) is 1.95. The molecule has 2 atom stereocenters. The zero-order chi connectivity index (χ0) is 18.8. The molecule has 0 radical (unpaired) electrons. The van der Waals surface area contributed by atoms with Crippen LogP contribution in [-0.4, -0.2) is 15.5 Å². The molecule has 0 amide bonds. The van der Waals surface area contributed by atoms with Gasteiger partial charge in [-0.2, -0.15) is 0 Å². The number of rotatable bonds is 5. The number of hydrogen-bond acceptors (Lipinski definition) is 3. The average molecular weight is 369 g/mol. The van der Waals surface area contributed by atoms with Crippen molar-refractivity contribution >= 4 is 10.0 Å². The molecule has 0 aliphatic heterocycles. The number of allylic oxidation sites excluding steroid dienone is 3. The van der Waals surface area contributed by atoms with Gasteiger partial charge in [-0.15, -0.1) is 0 Å². The van der Waals surface area contributed by atoms with Crippen LogP contribution in [0.25, 0.3) is 11.1 Å². The molecule has 0 saturated heterocycles. The van der Waals surface area contributed by atoms with Gasteiger partial charge in [0.15, 0.2) is 0 Å². The Labute approximate surface area is 155 Å². The summed E-state index contributed by atoms with van der Waals surface area (Å²) in [5, 5.41) is 5.85. The van der Waals surface area contributed by atoms with Crippen molar-refractivity contribution in [3.63, 3.8) is 0 Å². The molecular weight excluding hydrogens is 346 g/mol. The van der Waals surface area contributed by atoms with E-state index in [1.807, 2.05) is 67.6 Å². The fourth-order valence-electron chi connectivity index (χ4n) is 3.86. The summed E-state index contributed by atoms with van der Waals surface area (Å²) in [6, 6.07) is 17.3. The first kappa shape index (κ1) is 18.4. The van der Waals surface area contributed by atoms with E-state index in [0.29, 0.717) is 17.7 Å². The Morgan fingerprint density at radius 3 is 2.35 bits per heavy atom. The highest BCUT2D eigenvalue weighted by atomic mass is 32.2. The van der Waals surface area contributed by atoms with Gasteiger partial charge in [-0.05, 0) is 29.2 Å². The predicted molar refractivity (Wildman–Crippen MR) is 105 cm³/mol. The Morgan fingerprint density at radius 2 is 1.73 bits per heavy atom. The lowest BCUT2D eigenvalue weighted by atomic mass is 9.76. The highest BCUT2D eigenvalue weighted by Crippen LogP contribution is 2.48. The van der Waals surface area contributed by atoms with Crippen molar-refractivity contribution in [2.45, 2.75) is 18.1 Å². The van der Waals surface area contributed by atoms with Gasteiger partial charge in [0, 0.05) is 5.92 Å². The average Bonchev–Trinajstić information content (AvgIpc) is 2.67. The molecule has 0 heterocycles. The fourth-order valence-corrected chi connectivity index (χ4v) is 5.29. The van der Waals surface area contributed by atoms with Crippen molar-refractivity contribution in [1.82, 2.24) is 0 Å². The lowest BCUT2D eigenvalue weighted by Gasteiger charge is -2.40. The van der Waals surface area contributed by atoms with Crippen LogP contribution in [0.5, 0.6) is 0 Å². The molecule has 0 saturated carbocycles. The number of benzene rings is 2. The molecule has 0 fully saturated rings. The number of sulfonamides is 1. The van der Waals surface area contributed by atoms with Gasteiger partial charge in [0.25, 0.3) is 0 Å². The highest BCUT2D eigenvalue weighted by Gasteiger charge is 2.51. The van der Waals surface area contributed by atoms with E-state index in [1.165, 1.54) is 0 Å². The molecule has 0 bridgehead atoms. The van der Waals surface area contributed by atoms with Crippen LogP contribution in [0.2, 0.25) is 0 Å². The number of methoxy groups -OCH3 is 1. The summed E-state index contributed by atoms with van der Waals surface area (Å²) in [4.78, 5) is 0. The number of primary sulfonamides is 1.